The molecule has 2 amide bonds. The Hall–Kier alpha value is -2.74. The Balaban J connectivity index is 1.39. The van der Waals surface area contributed by atoms with Gasteiger partial charge in [0.05, 0.1) is 12.1 Å². The number of benzene rings is 1. The third kappa shape index (κ3) is 3.77. The molecule has 2 aromatic heterocycles. The van der Waals surface area contributed by atoms with E-state index in [1.807, 2.05) is 43.5 Å². The highest BCUT2D eigenvalue weighted by atomic mass is 32.1. The SMILES string of the molecule is C=C(C)c1cccc(C(C)(C)NC(=O)NCc2nn3c(C4CC4)nnc3s2)c1. The number of hydrogen-bond donors (Lipinski definition) is 2. The number of hydrogen-bond acceptors (Lipinski definition) is 5. The van der Waals surface area contributed by atoms with Gasteiger partial charge in [-0.25, -0.2) is 4.79 Å². The number of nitrogens with zero attached hydrogens (tertiary/aromatic N) is 4. The molecule has 0 atom stereocenters. The van der Waals surface area contributed by atoms with Gasteiger partial charge in [0.25, 0.3) is 0 Å². The second-order valence-electron chi connectivity index (χ2n) is 7.82. The first-order chi connectivity index (χ1) is 13.3. The van der Waals surface area contributed by atoms with Crippen LogP contribution in [0.4, 0.5) is 4.79 Å². The zero-order chi connectivity index (χ0) is 19.9. The first-order valence-corrected chi connectivity index (χ1v) is 10.2. The largest absolute Gasteiger partial charge is 0.332 e. The van der Waals surface area contributed by atoms with Crippen molar-refractivity contribution in [1.82, 2.24) is 30.4 Å². The van der Waals surface area contributed by atoms with Crippen LogP contribution in [0.15, 0.2) is 30.8 Å². The van der Waals surface area contributed by atoms with Gasteiger partial charge in [-0.15, -0.1) is 10.2 Å². The number of aromatic nitrogens is 4. The van der Waals surface area contributed by atoms with Crippen LogP contribution in [0.25, 0.3) is 10.5 Å². The molecule has 146 valence electrons. The zero-order valence-corrected chi connectivity index (χ0v) is 17.1. The van der Waals surface area contributed by atoms with Crippen LogP contribution in [0.5, 0.6) is 0 Å². The van der Waals surface area contributed by atoms with Crippen LogP contribution in [0, 0.1) is 0 Å². The number of amides is 2. The molecule has 1 aliphatic rings. The quantitative estimate of drug-likeness (QED) is 0.663. The van der Waals surface area contributed by atoms with Crippen LogP contribution in [0.3, 0.4) is 0 Å². The first-order valence-electron chi connectivity index (χ1n) is 9.37. The normalized spacial score (nSPS) is 14.2. The predicted octanol–water partition coefficient (Wildman–Crippen LogP) is 3.83. The van der Waals surface area contributed by atoms with Crippen molar-refractivity contribution in [2.45, 2.75) is 51.6 Å². The lowest BCUT2D eigenvalue weighted by Gasteiger charge is -2.27. The monoisotopic (exact) mass is 396 g/mol. The van der Waals surface area contributed by atoms with Crippen molar-refractivity contribution in [2.75, 3.05) is 0 Å². The smallest absolute Gasteiger partial charge is 0.315 e. The van der Waals surface area contributed by atoms with Crippen molar-refractivity contribution in [3.8, 4) is 0 Å². The number of fused-ring (bicyclic) bond motifs is 1. The summed E-state index contributed by atoms with van der Waals surface area (Å²) in [6.45, 7) is 10.3. The molecule has 1 saturated carbocycles. The van der Waals surface area contributed by atoms with Crippen LogP contribution in [-0.2, 0) is 12.1 Å². The van der Waals surface area contributed by atoms with Gasteiger partial charge in [-0.2, -0.15) is 9.61 Å². The fourth-order valence-electron chi connectivity index (χ4n) is 3.07. The molecule has 1 fully saturated rings. The summed E-state index contributed by atoms with van der Waals surface area (Å²) < 4.78 is 1.81. The minimum absolute atomic E-state index is 0.237. The van der Waals surface area contributed by atoms with E-state index in [-0.39, 0.29) is 6.03 Å². The average Bonchev–Trinajstić information content (AvgIpc) is 3.29. The maximum absolute atomic E-state index is 12.5. The highest BCUT2D eigenvalue weighted by Crippen LogP contribution is 2.39. The highest BCUT2D eigenvalue weighted by molar-refractivity contribution is 7.16. The van der Waals surface area contributed by atoms with E-state index in [1.165, 1.54) is 11.3 Å². The van der Waals surface area contributed by atoms with Crippen LogP contribution < -0.4 is 10.6 Å². The topological polar surface area (TPSA) is 84.2 Å². The third-order valence-corrected chi connectivity index (χ3v) is 5.80. The molecule has 0 unspecified atom stereocenters. The van der Waals surface area contributed by atoms with E-state index < -0.39 is 5.54 Å². The van der Waals surface area contributed by atoms with E-state index in [1.54, 1.807) is 0 Å². The molecule has 1 aromatic carbocycles. The van der Waals surface area contributed by atoms with E-state index in [0.29, 0.717) is 12.5 Å². The van der Waals surface area contributed by atoms with Crippen molar-refractivity contribution < 1.29 is 4.79 Å². The van der Waals surface area contributed by atoms with E-state index in [4.69, 9.17) is 0 Å². The summed E-state index contributed by atoms with van der Waals surface area (Å²) in [5, 5.41) is 19.7. The van der Waals surface area contributed by atoms with E-state index in [2.05, 4.69) is 38.6 Å². The summed E-state index contributed by atoms with van der Waals surface area (Å²) in [4.78, 5) is 13.2. The second-order valence-corrected chi connectivity index (χ2v) is 8.86. The molecule has 7 nitrogen and oxygen atoms in total. The number of nitrogens with one attached hydrogen (secondary N) is 2. The molecule has 2 heterocycles. The van der Waals surface area contributed by atoms with Crippen molar-refractivity contribution >= 4 is 27.9 Å². The van der Waals surface area contributed by atoms with Gasteiger partial charge in [0.15, 0.2) is 5.82 Å². The fourth-order valence-corrected chi connectivity index (χ4v) is 3.85. The Labute approximate surface area is 167 Å². The van der Waals surface area contributed by atoms with Gasteiger partial charge < -0.3 is 10.6 Å². The Morgan fingerprint density at radius 1 is 1.36 bits per heavy atom. The molecule has 0 saturated heterocycles. The van der Waals surface area contributed by atoms with Gasteiger partial charge in [-0.1, -0.05) is 41.7 Å². The average molecular weight is 397 g/mol. The third-order valence-electron chi connectivity index (χ3n) is 4.90. The zero-order valence-electron chi connectivity index (χ0n) is 16.3. The lowest BCUT2D eigenvalue weighted by molar-refractivity contribution is 0.229. The Bertz CT molecular complexity index is 1050. The van der Waals surface area contributed by atoms with E-state index in [9.17, 15) is 4.79 Å². The molecule has 0 aliphatic heterocycles. The second kappa shape index (κ2) is 7.01. The lowest BCUT2D eigenvalue weighted by Crippen LogP contribution is -2.46. The molecule has 0 bridgehead atoms. The van der Waals surface area contributed by atoms with Gasteiger partial charge in [-0.3, -0.25) is 0 Å². The summed E-state index contributed by atoms with van der Waals surface area (Å²) in [6, 6.07) is 7.84. The summed E-state index contributed by atoms with van der Waals surface area (Å²) in [6.07, 6.45) is 2.30. The number of urea groups is 1. The minimum Gasteiger partial charge on any atom is -0.332 e. The minimum atomic E-state index is -0.518. The number of allylic oxidation sites excluding steroid dienone is 1. The number of carbonyl (C=O) groups is 1. The van der Waals surface area contributed by atoms with Crippen molar-refractivity contribution in [2.24, 2.45) is 0 Å². The molecule has 2 N–H and O–H groups in total. The maximum Gasteiger partial charge on any atom is 0.315 e. The van der Waals surface area contributed by atoms with Crippen LogP contribution in [0.2, 0.25) is 0 Å². The molecule has 0 radical (unpaired) electrons. The number of carbonyl (C=O) groups excluding carboxylic acids is 1. The van der Waals surface area contributed by atoms with Gasteiger partial charge >= 0.3 is 6.03 Å². The van der Waals surface area contributed by atoms with Crippen molar-refractivity contribution in [3.05, 3.63) is 52.8 Å². The molecule has 1 aliphatic carbocycles. The Kier molecular flexibility index (Phi) is 4.66. The van der Waals surface area contributed by atoms with Gasteiger partial charge in [0, 0.05) is 5.92 Å². The van der Waals surface area contributed by atoms with Crippen molar-refractivity contribution in [3.63, 3.8) is 0 Å². The van der Waals surface area contributed by atoms with E-state index >= 15 is 0 Å². The van der Waals surface area contributed by atoms with Gasteiger partial charge in [-0.05, 0) is 50.8 Å². The Morgan fingerprint density at radius 3 is 2.86 bits per heavy atom. The predicted molar refractivity (Wildman–Crippen MR) is 110 cm³/mol. The van der Waals surface area contributed by atoms with Crippen LogP contribution >= 0.6 is 11.3 Å². The molecule has 8 heteroatoms. The molecular formula is C20H24N6OS. The summed E-state index contributed by atoms with van der Waals surface area (Å²) >= 11 is 1.45. The summed E-state index contributed by atoms with van der Waals surface area (Å²) in [7, 11) is 0. The fraction of sp³-hybridized carbons (Fsp3) is 0.400. The van der Waals surface area contributed by atoms with E-state index in [0.717, 1.165) is 45.3 Å². The van der Waals surface area contributed by atoms with Crippen LogP contribution in [0.1, 0.15) is 61.5 Å². The lowest BCUT2D eigenvalue weighted by atomic mass is 9.92. The summed E-state index contributed by atoms with van der Waals surface area (Å²) in [5.41, 5.74) is 2.57. The van der Waals surface area contributed by atoms with Crippen LogP contribution in [-0.4, -0.2) is 25.8 Å². The van der Waals surface area contributed by atoms with Crippen molar-refractivity contribution in [1.29, 1.82) is 0 Å². The molecule has 0 spiro atoms. The molecule has 3 aromatic rings. The Morgan fingerprint density at radius 2 is 2.14 bits per heavy atom. The maximum atomic E-state index is 12.5. The molecule has 28 heavy (non-hydrogen) atoms. The van der Waals surface area contributed by atoms with Gasteiger partial charge in [0.1, 0.15) is 5.01 Å². The summed E-state index contributed by atoms with van der Waals surface area (Å²) in [5.74, 6) is 1.41. The standard InChI is InChI=1S/C20H24N6OS/c1-12(2)14-6-5-7-15(10-14)20(3,4)22-18(27)21-11-16-25-26-17(13-8-9-13)23-24-19(26)28-16/h5-7,10,13H,1,8-9,11H2,2-4H3,(H2,21,22,27). The van der Waals surface area contributed by atoms with Gasteiger partial charge in [0.2, 0.25) is 4.96 Å². The first kappa shape index (κ1) is 18.6. The highest BCUT2D eigenvalue weighted by Gasteiger charge is 2.30. The molecular weight excluding hydrogens is 372 g/mol. The number of rotatable bonds is 6. The molecule has 4 rings (SSSR count).